The minimum atomic E-state index is 0.779. The second kappa shape index (κ2) is 6.01. The molecule has 2 heterocycles. The predicted molar refractivity (Wildman–Crippen MR) is 94.2 cm³/mol. The van der Waals surface area contributed by atoms with Gasteiger partial charge in [-0.05, 0) is 36.2 Å². The van der Waals surface area contributed by atoms with Crippen LogP contribution in [-0.4, -0.2) is 29.5 Å². The van der Waals surface area contributed by atoms with E-state index in [9.17, 15) is 0 Å². The molecular weight excluding hydrogens is 284 g/mol. The first-order valence-corrected chi connectivity index (χ1v) is 8.21. The van der Waals surface area contributed by atoms with Crippen LogP contribution in [0.15, 0.2) is 59.0 Å². The van der Waals surface area contributed by atoms with E-state index in [4.69, 9.17) is 9.40 Å². The molecule has 3 aromatic rings. The van der Waals surface area contributed by atoms with Crippen LogP contribution < -0.4 is 0 Å². The molecule has 0 saturated heterocycles. The number of nitrogens with zero attached hydrogens (tertiary/aromatic N) is 2. The van der Waals surface area contributed by atoms with Gasteiger partial charge in [0.2, 0.25) is 5.89 Å². The van der Waals surface area contributed by atoms with Crippen molar-refractivity contribution in [3.8, 4) is 11.1 Å². The molecule has 1 aromatic heterocycles. The van der Waals surface area contributed by atoms with Gasteiger partial charge in [0.15, 0.2) is 5.58 Å². The van der Waals surface area contributed by atoms with E-state index in [1.807, 2.05) is 12.1 Å². The molecule has 0 unspecified atom stereocenters. The number of hydrogen-bond acceptors (Lipinski definition) is 3. The molecule has 4 rings (SSSR count). The quantitative estimate of drug-likeness (QED) is 0.708. The number of oxazole rings is 1. The number of hydrogen-bond donors (Lipinski definition) is 0. The molecule has 0 fully saturated rings. The Morgan fingerprint density at radius 1 is 1.09 bits per heavy atom. The fourth-order valence-corrected chi connectivity index (χ4v) is 3.07. The maximum absolute atomic E-state index is 5.97. The second-order valence-electron chi connectivity index (χ2n) is 5.94. The van der Waals surface area contributed by atoms with Gasteiger partial charge in [0.25, 0.3) is 0 Å². The van der Waals surface area contributed by atoms with E-state index in [0.717, 1.165) is 43.0 Å². The molecule has 0 bridgehead atoms. The summed E-state index contributed by atoms with van der Waals surface area (Å²) in [5, 5.41) is 0. The third kappa shape index (κ3) is 2.80. The zero-order valence-electron chi connectivity index (χ0n) is 13.3. The summed E-state index contributed by atoms with van der Waals surface area (Å²) in [7, 11) is 0. The fraction of sp³-hybridized carbons (Fsp3) is 0.250. The molecule has 3 heteroatoms. The molecular formula is C20H20N2O. The maximum atomic E-state index is 5.97. The zero-order chi connectivity index (χ0) is 15.6. The molecule has 0 spiro atoms. The maximum Gasteiger partial charge on any atom is 0.222 e. The van der Waals surface area contributed by atoms with Crippen LogP contribution in [0.2, 0.25) is 0 Å². The highest BCUT2D eigenvalue weighted by Gasteiger charge is 2.16. The van der Waals surface area contributed by atoms with Gasteiger partial charge in [-0.25, -0.2) is 4.98 Å². The van der Waals surface area contributed by atoms with Crippen LogP contribution >= 0.6 is 0 Å². The third-order valence-corrected chi connectivity index (χ3v) is 4.51. The van der Waals surface area contributed by atoms with Gasteiger partial charge in [0.05, 0.1) is 0 Å². The lowest BCUT2D eigenvalue weighted by Gasteiger charge is -2.23. The minimum absolute atomic E-state index is 0.779. The molecule has 2 aromatic carbocycles. The molecule has 0 aliphatic carbocycles. The van der Waals surface area contributed by atoms with Crippen molar-refractivity contribution in [3.63, 3.8) is 0 Å². The monoisotopic (exact) mass is 304 g/mol. The predicted octanol–water partition coefficient (Wildman–Crippen LogP) is 4.60. The molecule has 0 radical (unpaired) electrons. The van der Waals surface area contributed by atoms with Gasteiger partial charge >= 0.3 is 0 Å². The van der Waals surface area contributed by atoms with Crippen LogP contribution in [0.1, 0.15) is 19.2 Å². The summed E-state index contributed by atoms with van der Waals surface area (Å²) in [6, 6.07) is 16.6. The Hall–Kier alpha value is -2.39. The van der Waals surface area contributed by atoms with Crippen molar-refractivity contribution in [2.24, 2.45) is 0 Å². The SMILES string of the molecule is CCN1CC=C(c2nc3cc(-c4ccccc4)ccc3o2)CC1. The first-order chi connectivity index (χ1) is 11.3. The summed E-state index contributed by atoms with van der Waals surface area (Å²) in [5.41, 5.74) is 5.40. The molecule has 0 N–H and O–H groups in total. The Bertz CT molecular complexity index is 848. The van der Waals surface area contributed by atoms with Gasteiger partial charge in [0, 0.05) is 18.7 Å². The molecule has 0 atom stereocenters. The van der Waals surface area contributed by atoms with E-state index in [-0.39, 0.29) is 0 Å². The lowest BCUT2D eigenvalue weighted by Crippen LogP contribution is -2.28. The van der Waals surface area contributed by atoms with Crippen LogP contribution in [0.5, 0.6) is 0 Å². The molecule has 116 valence electrons. The lowest BCUT2D eigenvalue weighted by molar-refractivity contribution is 0.317. The Labute approximate surface area is 136 Å². The molecule has 0 saturated carbocycles. The summed E-state index contributed by atoms with van der Waals surface area (Å²) in [4.78, 5) is 7.14. The minimum Gasteiger partial charge on any atom is -0.436 e. The first-order valence-electron chi connectivity index (χ1n) is 8.21. The molecule has 0 amide bonds. The van der Waals surface area contributed by atoms with Crippen molar-refractivity contribution in [2.45, 2.75) is 13.3 Å². The van der Waals surface area contributed by atoms with E-state index in [1.54, 1.807) is 0 Å². The van der Waals surface area contributed by atoms with Crippen molar-refractivity contribution in [3.05, 3.63) is 60.5 Å². The Balaban J connectivity index is 1.68. The van der Waals surface area contributed by atoms with Crippen molar-refractivity contribution in [1.82, 2.24) is 9.88 Å². The van der Waals surface area contributed by atoms with E-state index < -0.39 is 0 Å². The number of fused-ring (bicyclic) bond motifs is 1. The van der Waals surface area contributed by atoms with E-state index >= 15 is 0 Å². The molecule has 3 nitrogen and oxygen atoms in total. The van der Waals surface area contributed by atoms with Crippen LogP contribution in [0.25, 0.3) is 27.8 Å². The second-order valence-corrected chi connectivity index (χ2v) is 5.94. The van der Waals surface area contributed by atoms with Crippen LogP contribution in [0.3, 0.4) is 0 Å². The zero-order valence-corrected chi connectivity index (χ0v) is 13.3. The number of rotatable bonds is 3. The Kier molecular flexibility index (Phi) is 3.72. The highest BCUT2D eigenvalue weighted by Crippen LogP contribution is 2.28. The van der Waals surface area contributed by atoms with Crippen molar-refractivity contribution >= 4 is 16.7 Å². The number of aromatic nitrogens is 1. The van der Waals surface area contributed by atoms with Gasteiger partial charge in [-0.15, -0.1) is 0 Å². The first kappa shape index (κ1) is 14.2. The van der Waals surface area contributed by atoms with Crippen LogP contribution in [-0.2, 0) is 0 Å². The van der Waals surface area contributed by atoms with Crippen molar-refractivity contribution in [2.75, 3.05) is 19.6 Å². The molecule has 1 aliphatic heterocycles. The van der Waals surface area contributed by atoms with Crippen molar-refractivity contribution < 1.29 is 4.42 Å². The smallest absolute Gasteiger partial charge is 0.222 e. The van der Waals surface area contributed by atoms with Gasteiger partial charge in [0.1, 0.15) is 5.52 Å². The summed E-state index contributed by atoms with van der Waals surface area (Å²) >= 11 is 0. The molecule has 23 heavy (non-hydrogen) atoms. The topological polar surface area (TPSA) is 29.3 Å². The summed E-state index contributed by atoms with van der Waals surface area (Å²) < 4.78 is 5.97. The van der Waals surface area contributed by atoms with Gasteiger partial charge < -0.3 is 4.42 Å². The third-order valence-electron chi connectivity index (χ3n) is 4.51. The highest BCUT2D eigenvalue weighted by molar-refractivity contribution is 5.82. The van der Waals surface area contributed by atoms with Gasteiger partial charge in [-0.2, -0.15) is 0 Å². The standard InChI is InChI=1S/C20H20N2O/c1-2-22-12-10-16(11-13-22)20-21-18-14-17(8-9-19(18)23-20)15-6-4-3-5-7-15/h3-10,14H,2,11-13H2,1H3. The lowest BCUT2D eigenvalue weighted by atomic mass is 10.1. The van der Waals surface area contributed by atoms with Crippen LogP contribution in [0, 0.1) is 0 Å². The largest absolute Gasteiger partial charge is 0.436 e. The highest BCUT2D eigenvalue weighted by atomic mass is 16.3. The van der Waals surface area contributed by atoms with Crippen LogP contribution in [0.4, 0.5) is 0 Å². The normalized spacial score (nSPS) is 15.8. The Morgan fingerprint density at radius 2 is 1.96 bits per heavy atom. The summed E-state index contributed by atoms with van der Waals surface area (Å²) in [6.07, 6.45) is 3.25. The van der Waals surface area contributed by atoms with E-state index in [2.05, 4.69) is 54.3 Å². The average Bonchev–Trinajstić information content (AvgIpc) is 3.06. The average molecular weight is 304 g/mol. The Morgan fingerprint density at radius 3 is 2.70 bits per heavy atom. The summed E-state index contributed by atoms with van der Waals surface area (Å²) in [5.74, 6) is 0.779. The van der Waals surface area contributed by atoms with Crippen molar-refractivity contribution in [1.29, 1.82) is 0 Å². The summed E-state index contributed by atoms with van der Waals surface area (Å²) in [6.45, 7) is 5.36. The number of likely N-dealkylation sites (N-methyl/N-ethyl adjacent to an activating group) is 1. The molecule has 1 aliphatic rings. The van der Waals surface area contributed by atoms with E-state index in [0.29, 0.717) is 0 Å². The van der Waals surface area contributed by atoms with Gasteiger partial charge in [-0.1, -0.05) is 49.4 Å². The van der Waals surface area contributed by atoms with E-state index in [1.165, 1.54) is 16.7 Å². The van der Waals surface area contributed by atoms with Gasteiger partial charge in [-0.3, -0.25) is 4.90 Å². The fourth-order valence-electron chi connectivity index (χ4n) is 3.07. The number of benzene rings is 2.